The SMILES string of the molecule is CCc1oc(C(=O)NC2(c3nc(C)cs3)CCC2)cc1C(=O)O. The van der Waals surface area contributed by atoms with Crippen molar-refractivity contribution < 1.29 is 19.1 Å². The zero-order chi connectivity index (χ0) is 16.6. The van der Waals surface area contributed by atoms with Crippen molar-refractivity contribution in [2.24, 2.45) is 0 Å². The lowest BCUT2D eigenvalue weighted by atomic mass is 9.77. The zero-order valence-corrected chi connectivity index (χ0v) is 13.8. The van der Waals surface area contributed by atoms with Gasteiger partial charge in [0.2, 0.25) is 0 Å². The van der Waals surface area contributed by atoms with Gasteiger partial charge < -0.3 is 14.8 Å². The van der Waals surface area contributed by atoms with Gasteiger partial charge in [-0.05, 0) is 26.2 Å². The van der Waals surface area contributed by atoms with Gasteiger partial charge in [-0.25, -0.2) is 9.78 Å². The van der Waals surface area contributed by atoms with E-state index < -0.39 is 11.5 Å². The lowest BCUT2D eigenvalue weighted by Gasteiger charge is -2.40. The lowest BCUT2D eigenvalue weighted by Crippen LogP contribution is -2.50. The predicted molar refractivity (Wildman–Crippen MR) is 84.9 cm³/mol. The van der Waals surface area contributed by atoms with Crippen molar-refractivity contribution >= 4 is 23.2 Å². The molecule has 2 aromatic heterocycles. The maximum Gasteiger partial charge on any atom is 0.339 e. The number of furan rings is 1. The summed E-state index contributed by atoms with van der Waals surface area (Å²) in [6.07, 6.45) is 3.11. The first-order chi connectivity index (χ1) is 10.9. The highest BCUT2D eigenvalue weighted by molar-refractivity contribution is 7.09. The molecule has 2 N–H and O–H groups in total. The normalized spacial score (nSPS) is 15.9. The molecule has 1 saturated carbocycles. The molecule has 0 atom stereocenters. The van der Waals surface area contributed by atoms with Gasteiger partial charge in [0, 0.05) is 23.6 Å². The molecule has 0 saturated heterocycles. The van der Waals surface area contributed by atoms with E-state index >= 15 is 0 Å². The van der Waals surface area contributed by atoms with Crippen LogP contribution in [-0.2, 0) is 12.0 Å². The monoisotopic (exact) mass is 334 g/mol. The van der Waals surface area contributed by atoms with Crippen molar-refractivity contribution in [3.8, 4) is 0 Å². The fraction of sp³-hybridized carbons (Fsp3) is 0.438. The molecule has 0 aromatic carbocycles. The Morgan fingerprint density at radius 1 is 1.48 bits per heavy atom. The molecule has 0 unspecified atom stereocenters. The first-order valence-electron chi connectivity index (χ1n) is 7.56. The number of aromatic nitrogens is 1. The zero-order valence-electron chi connectivity index (χ0n) is 13.0. The Bertz CT molecular complexity index is 758. The first kappa shape index (κ1) is 15.7. The van der Waals surface area contributed by atoms with E-state index in [-0.39, 0.29) is 17.2 Å². The Balaban J connectivity index is 1.85. The fourth-order valence-electron chi connectivity index (χ4n) is 2.76. The van der Waals surface area contributed by atoms with E-state index in [0.29, 0.717) is 12.2 Å². The molecule has 1 aliphatic rings. The molecule has 0 spiro atoms. The topological polar surface area (TPSA) is 92.4 Å². The number of carbonyl (C=O) groups excluding carboxylic acids is 1. The Morgan fingerprint density at radius 3 is 2.65 bits per heavy atom. The number of aryl methyl sites for hydroxylation is 2. The highest BCUT2D eigenvalue weighted by Crippen LogP contribution is 2.42. The van der Waals surface area contributed by atoms with Crippen molar-refractivity contribution in [3.05, 3.63) is 39.2 Å². The molecule has 1 aliphatic carbocycles. The molecule has 1 fully saturated rings. The number of rotatable bonds is 5. The largest absolute Gasteiger partial charge is 0.478 e. The molecular weight excluding hydrogens is 316 g/mol. The first-order valence-corrected chi connectivity index (χ1v) is 8.44. The Labute approximate surface area is 137 Å². The average molecular weight is 334 g/mol. The van der Waals surface area contributed by atoms with Crippen LogP contribution in [0.3, 0.4) is 0 Å². The summed E-state index contributed by atoms with van der Waals surface area (Å²) in [5.41, 5.74) is 0.536. The number of carboxylic acid groups (broad SMARTS) is 1. The maximum atomic E-state index is 12.5. The van der Waals surface area contributed by atoms with Gasteiger partial charge in [-0.15, -0.1) is 11.3 Å². The Morgan fingerprint density at radius 2 is 2.22 bits per heavy atom. The van der Waals surface area contributed by atoms with Crippen molar-refractivity contribution in [1.29, 1.82) is 0 Å². The van der Waals surface area contributed by atoms with Crippen molar-refractivity contribution in [1.82, 2.24) is 10.3 Å². The van der Waals surface area contributed by atoms with E-state index in [1.807, 2.05) is 12.3 Å². The van der Waals surface area contributed by atoms with Crippen LogP contribution in [0.4, 0.5) is 0 Å². The molecule has 2 aromatic rings. The van der Waals surface area contributed by atoms with Gasteiger partial charge in [-0.2, -0.15) is 0 Å². The van der Waals surface area contributed by atoms with Crippen LogP contribution in [0.2, 0.25) is 0 Å². The number of aromatic carboxylic acids is 1. The van der Waals surface area contributed by atoms with Crippen LogP contribution in [0.15, 0.2) is 15.9 Å². The van der Waals surface area contributed by atoms with E-state index in [4.69, 9.17) is 9.52 Å². The van der Waals surface area contributed by atoms with Gasteiger partial charge in [-0.3, -0.25) is 4.79 Å². The van der Waals surface area contributed by atoms with E-state index in [0.717, 1.165) is 30.0 Å². The van der Waals surface area contributed by atoms with Gasteiger partial charge in [0.15, 0.2) is 5.76 Å². The third kappa shape index (κ3) is 2.76. The number of carbonyl (C=O) groups is 2. The number of carboxylic acids is 1. The molecule has 0 radical (unpaired) electrons. The van der Waals surface area contributed by atoms with Gasteiger partial charge in [0.25, 0.3) is 5.91 Å². The third-order valence-electron chi connectivity index (χ3n) is 4.17. The second kappa shape index (κ2) is 5.81. The van der Waals surface area contributed by atoms with Gasteiger partial charge in [0.05, 0.1) is 5.54 Å². The van der Waals surface area contributed by atoms with Crippen LogP contribution < -0.4 is 5.32 Å². The van der Waals surface area contributed by atoms with Crippen LogP contribution in [0.1, 0.15) is 63.6 Å². The van der Waals surface area contributed by atoms with Crippen molar-refractivity contribution in [3.63, 3.8) is 0 Å². The highest BCUT2D eigenvalue weighted by atomic mass is 32.1. The quantitative estimate of drug-likeness (QED) is 0.876. The summed E-state index contributed by atoms with van der Waals surface area (Å²) in [5, 5.41) is 15.0. The molecule has 6 nitrogen and oxygen atoms in total. The standard InChI is InChI=1S/C16H18N2O4S/c1-3-11-10(14(20)21)7-12(22-11)13(19)18-16(5-4-6-16)15-17-9(2)8-23-15/h7-8H,3-6H2,1-2H3,(H,18,19)(H,20,21). The molecule has 7 heteroatoms. The van der Waals surface area contributed by atoms with E-state index in [1.165, 1.54) is 17.4 Å². The third-order valence-corrected chi connectivity index (χ3v) is 5.34. The van der Waals surface area contributed by atoms with Crippen LogP contribution in [0.5, 0.6) is 0 Å². The smallest absolute Gasteiger partial charge is 0.339 e. The second-order valence-electron chi connectivity index (χ2n) is 5.79. The minimum Gasteiger partial charge on any atom is -0.478 e. The average Bonchev–Trinajstić information content (AvgIpc) is 3.08. The molecule has 0 bridgehead atoms. The van der Waals surface area contributed by atoms with Crippen molar-refractivity contribution in [2.45, 2.75) is 45.1 Å². The number of hydrogen-bond donors (Lipinski definition) is 2. The molecule has 23 heavy (non-hydrogen) atoms. The van der Waals surface area contributed by atoms with Crippen LogP contribution in [0.25, 0.3) is 0 Å². The summed E-state index contributed by atoms with van der Waals surface area (Å²) in [4.78, 5) is 28.2. The summed E-state index contributed by atoms with van der Waals surface area (Å²) in [6.45, 7) is 3.71. The number of nitrogens with zero attached hydrogens (tertiary/aromatic N) is 1. The van der Waals surface area contributed by atoms with Gasteiger partial charge >= 0.3 is 5.97 Å². The van der Waals surface area contributed by atoms with E-state index in [1.54, 1.807) is 6.92 Å². The number of thiazole rings is 1. The van der Waals surface area contributed by atoms with Gasteiger partial charge in [-0.1, -0.05) is 6.92 Å². The Kier molecular flexibility index (Phi) is 3.97. The molecule has 3 rings (SSSR count). The highest BCUT2D eigenvalue weighted by Gasteiger charge is 2.43. The summed E-state index contributed by atoms with van der Waals surface area (Å²) in [7, 11) is 0. The second-order valence-corrected chi connectivity index (χ2v) is 6.65. The van der Waals surface area contributed by atoms with Crippen LogP contribution in [-0.4, -0.2) is 22.0 Å². The molecule has 2 heterocycles. The minimum absolute atomic E-state index is 0.0406. The summed E-state index contributed by atoms with van der Waals surface area (Å²) in [5.74, 6) is -1.12. The Hall–Kier alpha value is -2.15. The minimum atomic E-state index is -1.08. The summed E-state index contributed by atoms with van der Waals surface area (Å²) in [6, 6.07) is 1.30. The van der Waals surface area contributed by atoms with E-state index in [2.05, 4.69) is 10.3 Å². The summed E-state index contributed by atoms with van der Waals surface area (Å²) >= 11 is 1.54. The fourth-order valence-corrected chi connectivity index (χ4v) is 3.77. The molecular formula is C16H18N2O4S. The maximum absolute atomic E-state index is 12.5. The van der Waals surface area contributed by atoms with Gasteiger partial charge in [0.1, 0.15) is 16.3 Å². The number of hydrogen-bond acceptors (Lipinski definition) is 5. The van der Waals surface area contributed by atoms with Crippen molar-refractivity contribution in [2.75, 3.05) is 0 Å². The molecule has 122 valence electrons. The molecule has 1 amide bonds. The number of amides is 1. The lowest BCUT2D eigenvalue weighted by molar-refractivity contribution is 0.0693. The van der Waals surface area contributed by atoms with Crippen LogP contribution in [0, 0.1) is 6.92 Å². The number of nitrogens with one attached hydrogen (secondary N) is 1. The molecule has 0 aliphatic heterocycles. The summed E-state index contributed by atoms with van der Waals surface area (Å²) < 4.78 is 5.43. The predicted octanol–water partition coefficient (Wildman–Crippen LogP) is 3.11. The van der Waals surface area contributed by atoms with E-state index in [9.17, 15) is 9.59 Å². The van der Waals surface area contributed by atoms with Crippen LogP contribution >= 0.6 is 11.3 Å².